The number of fused-ring (bicyclic) bond motifs is 2. The SMILES string of the molecule is NN/C1=C(\N)c2ccccc2NCc2ccccc21. The molecule has 0 unspecified atom stereocenters. The van der Waals surface area contributed by atoms with Crippen LogP contribution in [0.25, 0.3) is 11.4 Å². The molecule has 2 aromatic carbocycles. The predicted octanol–water partition coefficient (Wildman–Crippen LogP) is 1.86. The van der Waals surface area contributed by atoms with Crippen molar-refractivity contribution in [3.05, 3.63) is 65.2 Å². The molecule has 1 heterocycles. The van der Waals surface area contributed by atoms with Crippen LogP contribution in [0.4, 0.5) is 5.69 Å². The monoisotopic (exact) mass is 252 g/mol. The molecule has 0 aliphatic carbocycles. The van der Waals surface area contributed by atoms with Gasteiger partial charge in [0.25, 0.3) is 0 Å². The van der Waals surface area contributed by atoms with Gasteiger partial charge >= 0.3 is 0 Å². The van der Waals surface area contributed by atoms with Gasteiger partial charge in [-0.2, -0.15) is 0 Å². The Morgan fingerprint density at radius 1 is 0.947 bits per heavy atom. The number of hydrogen-bond acceptors (Lipinski definition) is 4. The van der Waals surface area contributed by atoms with Crippen LogP contribution in [0, 0.1) is 0 Å². The van der Waals surface area contributed by atoms with Gasteiger partial charge in [-0.15, -0.1) is 0 Å². The van der Waals surface area contributed by atoms with Gasteiger partial charge in [0.1, 0.15) is 0 Å². The van der Waals surface area contributed by atoms with Crippen molar-refractivity contribution < 1.29 is 0 Å². The van der Waals surface area contributed by atoms with E-state index in [9.17, 15) is 0 Å². The fourth-order valence-corrected chi connectivity index (χ4v) is 2.42. The molecule has 0 radical (unpaired) electrons. The highest BCUT2D eigenvalue weighted by Gasteiger charge is 2.16. The first-order chi connectivity index (χ1) is 9.31. The van der Waals surface area contributed by atoms with Gasteiger partial charge in [0.05, 0.1) is 11.4 Å². The maximum atomic E-state index is 6.28. The number of anilines is 1. The maximum Gasteiger partial charge on any atom is 0.0799 e. The van der Waals surface area contributed by atoms with Gasteiger partial charge in [-0.1, -0.05) is 42.5 Å². The smallest absolute Gasteiger partial charge is 0.0799 e. The summed E-state index contributed by atoms with van der Waals surface area (Å²) in [4.78, 5) is 0. The third kappa shape index (κ3) is 1.92. The lowest BCUT2D eigenvalue weighted by Gasteiger charge is -2.22. The van der Waals surface area contributed by atoms with E-state index < -0.39 is 0 Å². The van der Waals surface area contributed by atoms with Gasteiger partial charge in [-0.3, -0.25) is 5.84 Å². The Morgan fingerprint density at radius 2 is 1.63 bits per heavy atom. The van der Waals surface area contributed by atoms with Crippen LogP contribution in [-0.4, -0.2) is 0 Å². The number of nitrogens with one attached hydrogen (secondary N) is 2. The first-order valence-corrected chi connectivity index (χ1v) is 6.19. The Morgan fingerprint density at radius 3 is 2.42 bits per heavy atom. The largest absolute Gasteiger partial charge is 0.396 e. The molecule has 0 spiro atoms. The molecule has 0 amide bonds. The van der Waals surface area contributed by atoms with E-state index in [2.05, 4.69) is 16.8 Å². The Labute approximate surface area is 112 Å². The zero-order valence-corrected chi connectivity index (χ0v) is 10.5. The number of hydrazine groups is 1. The highest BCUT2D eigenvalue weighted by molar-refractivity contribution is 5.93. The Balaban J connectivity index is 2.28. The van der Waals surface area contributed by atoms with Crippen LogP contribution < -0.4 is 22.3 Å². The number of nitrogens with two attached hydrogens (primary N) is 2. The van der Waals surface area contributed by atoms with E-state index >= 15 is 0 Å². The van der Waals surface area contributed by atoms with Crippen molar-refractivity contribution in [3.63, 3.8) is 0 Å². The molecular weight excluding hydrogens is 236 g/mol. The molecule has 19 heavy (non-hydrogen) atoms. The first-order valence-electron chi connectivity index (χ1n) is 6.19. The van der Waals surface area contributed by atoms with Gasteiger partial charge in [0.15, 0.2) is 0 Å². The van der Waals surface area contributed by atoms with E-state index in [-0.39, 0.29) is 0 Å². The molecule has 0 saturated carbocycles. The molecule has 1 aliphatic rings. The van der Waals surface area contributed by atoms with Crippen LogP contribution >= 0.6 is 0 Å². The van der Waals surface area contributed by atoms with E-state index in [1.807, 2.05) is 42.5 Å². The maximum absolute atomic E-state index is 6.28. The molecule has 1 aliphatic heterocycles. The lowest BCUT2D eigenvalue weighted by atomic mass is 9.97. The summed E-state index contributed by atoms with van der Waals surface area (Å²) in [6, 6.07) is 16.0. The molecule has 96 valence electrons. The summed E-state index contributed by atoms with van der Waals surface area (Å²) < 4.78 is 0. The van der Waals surface area contributed by atoms with Crippen molar-refractivity contribution in [1.82, 2.24) is 5.43 Å². The van der Waals surface area contributed by atoms with E-state index in [0.717, 1.165) is 34.6 Å². The van der Waals surface area contributed by atoms with Crippen LogP contribution in [0.3, 0.4) is 0 Å². The second kappa shape index (κ2) is 4.66. The third-order valence-electron chi connectivity index (χ3n) is 3.39. The van der Waals surface area contributed by atoms with Gasteiger partial charge < -0.3 is 16.5 Å². The third-order valence-corrected chi connectivity index (χ3v) is 3.39. The molecule has 2 aromatic rings. The molecule has 3 rings (SSSR count). The summed E-state index contributed by atoms with van der Waals surface area (Å²) in [6.07, 6.45) is 0. The lowest BCUT2D eigenvalue weighted by Crippen LogP contribution is -2.25. The fourth-order valence-electron chi connectivity index (χ4n) is 2.42. The summed E-state index contributed by atoms with van der Waals surface area (Å²) in [7, 11) is 0. The van der Waals surface area contributed by atoms with E-state index in [4.69, 9.17) is 11.6 Å². The van der Waals surface area contributed by atoms with Crippen molar-refractivity contribution in [2.24, 2.45) is 11.6 Å². The second-order valence-corrected chi connectivity index (χ2v) is 4.49. The highest BCUT2D eigenvalue weighted by Crippen LogP contribution is 2.30. The van der Waals surface area contributed by atoms with Crippen LogP contribution in [0.2, 0.25) is 0 Å². The summed E-state index contributed by atoms with van der Waals surface area (Å²) in [5.74, 6) is 5.68. The summed E-state index contributed by atoms with van der Waals surface area (Å²) in [5.41, 5.74) is 14.6. The molecule has 4 heteroatoms. The van der Waals surface area contributed by atoms with Crippen molar-refractivity contribution in [2.75, 3.05) is 5.32 Å². The lowest BCUT2D eigenvalue weighted by molar-refractivity contribution is 0.978. The summed E-state index contributed by atoms with van der Waals surface area (Å²) in [6.45, 7) is 0.742. The van der Waals surface area contributed by atoms with Crippen molar-refractivity contribution >= 4 is 17.1 Å². The van der Waals surface area contributed by atoms with Crippen LogP contribution in [0.1, 0.15) is 16.7 Å². The van der Waals surface area contributed by atoms with E-state index in [0.29, 0.717) is 5.70 Å². The fraction of sp³-hybridized carbons (Fsp3) is 0.0667. The van der Waals surface area contributed by atoms with E-state index in [1.54, 1.807) is 0 Å². The topological polar surface area (TPSA) is 76.1 Å². The molecule has 0 bridgehead atoms. The highest BCUT2D eigenvalue weighted by atomic mass is 15.2. The zero-order valence-electron chi connectivity index (χ0n) is 10.5. The molecule has 6 N–H and O–H groups in total. The normalized spacial score (nSPS) is 17.5. The number of rotatable bonds is 1. The zero-order chi connectivity index (χ0) is 13.2. The van der Waals surface area contributed by atoms with Crippen molar-refractivity contribution in [1.29, 1.82) is 0 Å². The van der Waals surface area contributed by atoms with Crippen LogP contribution in [0.5, 0.6) is 0 Å². The molecule has 0 aromatic heterocycles. The number of benzene rings is 2. The molecule has 0 saturated heterocycles. The number of para-hydroxylation sites is 1. The van der Waals surface area contributed by atoms with Gasteiger partial charge in [-0.05, 0) is 11.6 Å². The Bertz CT molecular complexity index is 646. The first kappa shape index (κ1) is 11.6. The minimum absolute atomic E-state index is 0.651. The molecule has 0 fully saturated rings. The van der Waals surface area contributed by atoms with Gasteiger partial charge in [0.2, 0.25) is 0 Å². The minimum atomic E-state index is 0.651. The second-order valence-electron chi connectivity index (χ2n) is 4.49. The van der Waals surface area contributed by atoms with Crippen LogP contribution in [-0.2, 0) is 6.54 Å². The van der Waals surface area contributed by atoms with Gasteiger partial charge in [-0.25, -0.2) is 0 Å². The van der Waals surface area contributed by atoms with E-state index in [1.165, 1.54) is 0 Å². The van der Waals surface area contributed by atoms with Crippen molar-refractivity contribution in [3.8, 4) is 0 Å². The quantitative estimate of drug-likeness (QED) is 0.461. The van der Waals surface area contributed by atoms with Gasteiger partial charge in [0, 0.05) is 23.4 Å². The van der Waals surface area contributed by atoms with Crippen LogP contribution in [0.15, 0.2) is 48.5 Å². The Kier molecular flexibility index (Phi) is 2.85. The molecule has 4 nitrogen and oxygen atoms in total. The predicted molar refractivity (Wildman–Crippen MR) is 78.5 cm³/mol. The molecule has 0 atom stereocenters. The van der Waals surface area contributed by atoms with Crippen molar-refractivity contribution in [2.45, 2.75) is 6.54 Å². The standard InChI is InChI=1S/C15H16N4/c16-14-12-7-3-4-8-13(12)18-9-10-5-1-2-6-11(10)15(14)19-17/h1-8,18-19H,9,16-17H2/b15-14-. The Hall–Kier alpha value is -2.46. The minimum Gasteiger partial charge on any atom is -0.396 e. The average Bonchev–Trinajstić information content (AvgIpc) is 2.46. The summed E-state index contributed by atoms with van der Waals surface area (Å²) in [5, 5.41) is 3.41. The molecular formula is C15H16N4. The average molecular weight is 252 g/mol. The summed E-state index contributed by atoms with van der Waals surface area (Å²) >= 11 is 0. The number of hydrogen-bond donors (Lipinski definition) is 4.